The number of aliphatic hydroxyl groups is 1. The second-order valence-electron chi connectivity index (χ2n) is 13.8. The maximum atomic E-state index is 11.9. The fourth-order valence-electron chi connectivity index (χ4n) is 7.27. The van der Waals surface area contributed by atoms with Gasteiger partial charge in [0.1, 0.15) is 18.3 Å². The molecular weight excluding hydrogens is 580 g/mol. The molecular formula is C38H52O6Si. The molecule has 0 radical (unpaired) electrons. The quantitative estimate of drug-likeness (QED) is 0.225. The fraction of sp³-hybridized carbons (Fsp3) is 0.526. The largest absolute Gasteiger partial charge is 0.407 e. The maximum Gasteiger partial charge on any atom is 0.261 e. The summed E-state index contributed by atoms with van der Waals surface area (Å²) in [5.41, 5.74) is 1.04. The van der Waals surface area contributed by atoms with E-state index in [1.54, 1.807) is 7.11 Å². The molecule has 45 heavy (non-hydrogen) atoms. The Hall–Kier alpha value is -2.36. The number of rotatable bonds is 13. The summed E-state index contributed by atoms with van der Waals surface area (Å²) >= 11 is 0. The zero-order valence-corrected chi connectivity index (χ0v) is 28.7. The van der Waals surface area contributed by atoms with Crippen LogP contribution >= 0.6 is 0 Å². The van der Waals surface area contributed by atoms with E-state index in [1.165, 1.54) is 16.8 Å². The van der Waals surface area contributed by atoms with Crippen LogP contribution in [0, 0.1) is 5.92 Å². The monoisotopic (exact) mass is 632 g/mol. The van der Waals surface area contributed by atoms with Crippen LogP contribution in [0.25, 0.3) is 0 Å². The third-order valence-electron chi connectivity index (χ3n) is 9.63. The summed E-state index contributed by atoms with van der Waals surface area (Å²) in [6.45, 7) is 10.1. The van der Waals surface area contributed by atoms with Gasteiger partial charge in [0.2, 0.25) is 0 Å². The maximum absolute atomic E-state index is 11.9. The van der Waals surface area contributed by atoms with Gasteiger partial charge in [-0.05, 0) is 33.8 Å². The SMILES string of the molecule is CO[C@H]([C@@H](OCc1ccccc1)[C@H](O)[C@H]1COC2(CCCCC2)O1)[C@@H](C)CO[Si](c1ccccc1)(c1ccccc1)C(C)(C)C. The van der Waals surface area contributed by atoms with Crippen LogP contribution in [0.1, 0.15) is 65.4 Å². The van der Waals surface area contributed by atoms with Crippen molar-refractivity contribution >= 4 is 18.7 Å². The molecule has 1 saturated carbocycles. The molecule has 0 bridgehead atoms. The standard InChI is InChI=1S/C38H52O6Si/c1-29(26-43-45(37(2,3)4,31-20-12-7-13-21-31)32-22-14-8-15-23-32)35(40-5)36(41-27-30-18-10-6-11-19-30)34(39)33-28-42-38(44-33)24-16-9-17-25-38/h6-8,10-15,18-23,29,33-36,39H,9,16-17,24-28H2,1-5H3/t29-,33+,34+,35-,36-/m0/s1. The highest BCUT2D eigenvalue weighted by Crippen LogP contribution is 2.40. The molecule has 3 aromatic rings. The van der Waals surface area contributed by atoms with Gasteiger partial charge in [0.05, 0.1) is 19.3 Å². The Morgan fingerprint density at radius 3 is 1.93 bits per heavy atom. The van der Waals surface area contributed by atoms with Crippen LogP contribution in [0.3, 0.4) is 0 Å². The molecule has 1 spiro atoms. The molecule has 5 rings (SSSR count). The molecule has 5 atom stereocenters. The number of methoxy groups -OCH3 is 1. The van der Waals surface area contributed by atoms with Crippen molar-refractivity contribution in [2.45, 2.75) is 102 Å². The van der Waals surface area contributed by atoms with Crippen molar-refractivity contribution in [1.29, 1.82) is 0 Å². The molecule has 0 aromatic heterocycles. The van der Waals surface area contributed by atoms with E-state index in [0.717, 1.165) is 31.2 Å². The average Bonchev–Trinajstić information content (AvgIpc) is 3.47. The number of benzene rings is 3. The number of aliphatic hydroxyl groups excluding tert-OH is 1. The summed E-state index contributed by atoms with van der Waals surface area (Å²) in [5.74, 6) is -0.688. The Balaban J connectivity index is 1.41. The number of hydrogen-bond acceptors (Lipinski definition) is 6. The molecule has 244 valence electrons. The fourth-order valence-corrected chi connectivity index (χ4v) is 11.9. The third-order valence-corrected chi connectivity index (χ3v) is 14.6. The molecule has 1 N–H and O–H groups in total. The summed E-state index contributed by atoms with van der Waals surface area (Å²) in [6.07, 6.45) is 2.54. The second kappa shape index (κ2) is 15.0. The molecule has 0 unspecified atom stereocenters. The summed E-state index contributed by atoms with van der Waals surface area (Å²) in [5, 5.41) is 14.2. The highest BCUT2D eigenvalue weighted by Gasteiger charge is 2.52. The first kappa shape index (κ1) is 34.0. The normalized spacial score (nSPS) is 21.3. The van der Waals surface area contributed by atoms with Crippen LogP contribution in [0.15, 0.2) is 91.0 Å². The van der Waals surface area contributed by atoms with E-state index < -0.39 is 38.5 Å². The van der Waals surface area contributed by atoms with Gasteiger partial charge in [0, 0.05) is 32.5 Å². The Bertz CT molecular complexity index is 1250. The van der Waals surface area contributed by atoms with Gasteiger partial charge in [-0.3, -0.25) is 0 Å². The van der Waals surface area contributed by atoms with Crippen molar-refractivity contribution in [3.05, 3.63) is 96.6 Å². The van der Waals surface area contributed by atoms with Crippen LogP contribution in [0.2, 0.25) is 5.04 Å². The zero-order chi connectivity index (χ0) is 31.9. The van der Waals surface area contributed by atoms with E-state index in [4.69, 9.17) is 23.4 Å². The second-order valence-corrected chi connectivity index (χ2v) is 18.1. The lowest BCUT2D eigenvalue weighted by atomic mass is 9.93. The minimum Gasteiger partial charge on any atom is -0.407 e. The first-order valence-electron chi connectivity index (χ1n) is 16.6. The highest BCUT2D eigenvalue weighted by atomic mass is 28.4. The predicted molar refractivity (Wildman–Crippen MR) is 181 cm³/mol. The topological polar surface area (TPSA) is 66.4 Å². The van der Waals surface area contributed by atoms with Crippen LogP contribution in [-0.4, -0.2) is 64.0 Å². The van der Waals surface area contributed by atoms with E-state index in [9.17, 15) is 5.11 Å². The van der Waals surface area contributed by atoms with Crippen molar-refractivity contribution in [1.82, 2.24) is 0 Å². The van der Waals surface area contributed by atoms with Crippen LogP contribution in [0.5, 0.6) is 0 Å². The lowest BCUT2D eigenvalue weighted by Crippen LogP contribution is -2.67. The minimum absolute atomic E-state index is 0.0990. The molecule has 1 saturated heterocycles. The van der Waals surface area contributed by atoms with Crippen molar-refractivity contribution in [2.24, 2.45) is 5.92 Å². The Morgan fingerprint density at radius 1 is 0.844 bits per heavy atom. The molecule has 3 aromatic carbocycles. The van der Waals surface area contributed by atoms with Crippen molar-refractivity contribution in [3.63, 3.8) is 0 Å². The Morgan fingerprint density at radius 2 is 1.40 bits per heavy atom. The smallest absolute Gasteiger partial charge is 0.261 e. The molecule has 6 nitrogen and oxygen atoms in total. The van der Waals surface area contributed by atoms with Gasteiger partial charge < -0.3 is 28.5 Å². The predicted octanol–water partition coefficient (Wildman–Crippen LogP) is 6.24. The molecule has 2 fully saturated rings. The van der Waals surface area contributed by atoms with Crippen molar-refractivity contribution in [3.8, 4) is 0 Å². The van der Waals surface area contributed by atoms with E-state index in [1.807, 2.05) is 30.3 Å². The highest BCUT2D eigenvalue weighted by molar-refractivity contribution is 6.99. The zero-order valence-electron chi connectivity index (χ0n) is 27.7. The van der Waals surface area contributed by atoms with Gasteiger partial charge in [-0.15, -0.1) is 0 Å². The Kier molecular flexibility index (Phi) is 11.4. The van der Waals surface area contributed by atoms with Gasteiger partial charge in [-0.1, -0.05) is 125 Å². The van der Waals surface area contributed by atoms with Crippen LogP contribution in [0.4, 0.5) is 0 Å². The summed E-state index contributed by atoms with van der Waals surface area (Å²) < 4.78 is 32.8. The van der Waals surface area contributed by atoms with Crippen molar-refractivity contribution in [2.75, 3.05) is 20.3 Å². The van der Waals surface area contributed by atoms with Gasteiger partial charge >= 0.3 is 0 Å². The molecule has 1 aliphatic carbocycles. The van der Waals surface area contributed by atoms with Gasteiger partial charge in [0.25, 0.3) is 8.32 Å². The van der Waals surface area contributed by atoms with Gasteiger partial charge in [-0.2, -0.15) is 0 Å². The lowest BCUT2D eigenvalue weighted by Gasteiger charge is -2.44. The van der Waals surface area contributed by atoms with E-state index >= 15 is 0 Å². The van der Waals surface area contributed by atoms with Gasteiger partial charge in [-0.25, -0.2) is 0 Å². The summed E-state index contributed by atoms with van der Waals surface area (Å²) in [7, 11) is -1.06. The molecule has 0 amide bonds. The molecule has 7 heteroatoms. The first-order valence-corrected chi connectivity index (χ1v) is 18.5. The average molecular weight is 633 g/mol. The first-order chi connectivity index (χ1) is 21.7. The van der Waals surface area contributed by atoms with E-state index in [-0.39, 0.29) is 11.0 Å². The summed E-state index contributed by atoms with van der Waals surface area (Å²) in [4.78, 5) is 0. The van der Waals surface area contributed by atoms with Crippen molar-refractivity contribution < 1.29 is 28.5 Å². The van der Waals surface area contributed by atoms with Crippen LogP contribution < -0.4 is 10.4 Å². The molecule has 1 aliphatic heterocycles. The van der Waals surface area contributed by atoms with E-state index in [0.29, 0.717) is 19.8 Å². The Labute approximate surface area is 271 Å². The number of ether oxygens (including phenoxy) is 4. The van der Waals surface area contributed by atoms with Crippen LogP contribution in [-0.2, 0) is 30.0 Å². The number of hydrogen-bond donors (Lipinski definition) is 1. The lowest BCUT2D eigenvalue weighted by molar-refractivity contribution is -0.213. The minimum atomic E-state index is -2.76. The van der Waals surface area contributed by atoms with E-state index in [2.05, 4.69) is 88.4 Å². The molecule has 1 heterocycles. The molecule has 2 aliphatic rings. The third kappa shape index (κ3) is 7.62. The van der Waals surface area contributed by atoms with Gasteiger partial charge in [0.15, 0.2) is 5.79 Å². The summed E-state index contributed by atoms with van der Waals surface area (Å²) in [6, 6.07) is 31.4.